The lowest BCUT2D eigenvalue weighted by Crippen LogP contribution is -2.46. The van der Waals surface area contributed by atoms with E-state index in [-0.39, 0.29) is 0 Å². The highest BCUT2D eigenvalue weighted by Crippen LogP contribution is 2.39. The van der Waals surface area contributed by atoms with Crippen LogP contribution >= 0.6 is 0 Å². The highest BCUT2D eigenvalue weighted by Gasteiger charge is 2.37. The van der Waals surface area contributed by atoms with Gasteiger partial charge in [-0.25, -0.2) is 0 Å². The van der Waals surface area contributed by atoms with E-state index in [1.165, 1.54) is 58.0 Å². The van der Waals surface area contributed by atoms with E-state index < -0.39 is 0 Å². The van der Waals surface area contributed by atoms with Gasteiger partial charge in [0, 0.05) is 32.8 Å². The van der Waals surface area contributed by atoms with Gasteiger partial charge in [-0.3, -0.25) is 4.90 Å². The number of nitrogens with one attached hydrogen (secondary N) is 1. The molecule has 0 bridgehead atoms. The molecule has 0 aromatic carbocycles. The van der Waals surface area contributed by atoms with Crippen molar-refractivity contribution < 1.29 is 4.74 Å². The zero-order valence-corrected chi connectivity index (χ0v) is 12.2. The predicted molar refractivity (Wildman–Crippen MR) is 75.9 cm³/mol. The van der Waals surface area contributed by atoms with Crippen LogP contribution in [-0.2, 0) is 4.74 Å². The fourth-order valence-electron chi connectivity index (χ4n) is 3.54. The Hall–Kier alpha value is -0.120. The topological polar surface area (TPSA) is 24.5 Å². The predicted octanol–water partition coefficient (Wildman–Crippen LogP) is 2.27. The molecule has 2 aliphatic rings. The molecule has 106 valence electrons. The van der Waals surface area contributed by atoms with Crippen molar-refractivity contribution in [3.8, 4) is 0 Å². The fraction of sp³-hybridized carbons (Fsp3) is 1.00. The lowest BCUT2D eigenvalue weighted by molar-refractivity contribution is 0.0754. The SMILES string of the molecule is CNCC1(CN(CCOC)C2CC2)CCCCC1. The average molecular weight is 254 g/mol. The Balaban J connectivity index is 1.91. The van der Waals surface area contributed by atoms with Crippen LogP contribution in [0.4, 0.5) is 0 Å². The molecule has 0 amide bonds. The summed E-state index contributed by atoms with van der Waals surface area (Å²) in [7, 11) is 3.92. The molecule has 3 heteroatoms. The minimum absolute atomic E-state index is 0.531. The molecule has 1 N–H and O–H groups in total. The summed E-state index contributed by atoms with van der Waals surface area (Å²) in [6.45, 7) is 4.46. The Kier molecular flexibility index (Phi) is 5.46. The maximum absolute atomic E-state index is 5.28. The summed E-state index contributed by atoms with van der Waals surface area (Å²) >= 11 is 0. The van der Waals surface area contributed by atoms with Gasteiger partial charge in [0.15, 0.2) is 0 Å². The van der Waals surface area contributed by atoms with E-state index in [0.29, 0.717) is 5.41 Å². The van der Waals surface area contributed by atoms with Gasteiger partial charge in [-0.2, -0.15) is 0 Å². The van der Waals surface area contributed by atoms with Crippen molar-refractivity contribution in [3.63, 3.8) is 0 Å². The lowest BCUT2D eigenvalue weighted by Gasteiger charge is -2.41. The third kappa shape index (κ3) is 3.94. The first-order chi connectivity index (χ1) is 8.79. The van der Waals surface area contributed by atoms with Crippen molar-refractivity contribution in [1.29, 1.82) is 0 Å². The van der Waals surface area contributed by atoms with Crippen LogP contribution in [0, 0.1) is 5.41 Å². The second kappa shape index (κ2) is 6.88. The third-order valence-electron chi connectivity index (χ3n) is 4.65. The first-order valence-electron chi connectivity index (χ1n) is 7.67. The molecule has 2 aliphatic carbocycles. The Morgan fingerprint density at radius 1 is 1.22 bits per heavy atom. The van der Waals surface area contributed by atoms with Crippen LogP contribution in [0.15, 0.2) is 0 Å². The molecule has 2 rings (SSSR count). The minimum atomic E-state index is 0.531. The summed E-state index contributed by atoms with van der Waals surface area (Å²) in [4.78, 5) is 2.70. The highest BCUT2D eigenvalue weighted by molar-refractivity contribution is 4.92. The van der Waals surface area contributed by atoms with Gasteiger partial charge in [0.05, 0.1) is 6.61 Å². The van der Waals surface area contributed by atoms with E-state index in [1.807, 2.05) is 7.11 Å². The van der Waals surface area contributed by atoms with Gasteiger partial charge in [-0.1, -0.05) is 19.3 Å². The molecule has 0 radical (unpaired) electrons. The molecule has 3 nitrogen and oxygen atoms in total. The van der Waals surface area contributed by atoms with Crippen LogP contribution in [-0.4, -0.2) is 51.3 Å². The molecule has 0 aromatic rings. The average Bonchev–Trinajstić information content (AvgIpc) is 3.20. The third-order valence-corrected chi connectivity index (χ3v) is 4.65. The Morgan fingerprint density at radius 3 is 2.50 bits per heavy atom. The second-order valence-corrected chi connectivity index (χ2v) is 6.29. The van der Waals surface area contributed by atoms with Crippen LogP contribution in [0.3, 0.4) is 0 Å². The first kappa shape index (κ1) is 14.3. The van der Waals surface area contributed by atoms with E-state index in [9.17, 15) is 0 Å². The highest BCUT2D eigenvalue weighted by atomic mass is 16.5. The largest absolute Gasteiger partial charge is 0.383 e. The molecular formula is C15H30N2O. The van der Waals surface area contributed by atoms with Crippen molar-refractivity contribution >= 4 is 0 Å². The van der Waals surface area contributed by atoms with Crippen LogP contribution in [0.2, 0.25) is 0 Å². The van der Waals surface area contributed by atoms with E-state index in [2.05, 4.69) is 17.3 Å². The zero-order valence-electron chi connectivity index (χ0n) is 12.2. The maximum Gasteiger partial charge on any atom is 0.0589 e. The number of hydrogen-bond donors (Lipinski definition) is 1. The lowest BCUT2D eigenvalue weighted by atomic mass is 9.73. The van der Waals surface area contributed by atoms with E-state index >= 15 is 0 Å². The Labute approximate surface area is 112 Å². The number of hydrogen-bond acceptors (Lipinski definition) is 3. The van der Waals surface area contributed by atoms with Crippen molar-refractivity contribution in [2.24, 2.45) is 5.41 Å². The van der Waals surface area contributed by atoms with Crippen LogP contribution in [0.25, 0.3) is 0 Å². The van der Waals surface area contributed by atoms with Crippen LogP contribution in [0.5, 0.6) is 0 Å². The molecule has 2 saturated carbocycles. The molecule has 0 saturated heterocycles. The number of rotatable bonds is 8. The van der Waals surface area contributed by atoms with Gasteiger partial charge >= 0.3 is 0 Å². The number of methoxy groups -OCH3 is 1. The maximum atomic E-state index is 5.28. The monoisotopic (exact) mass is 254 g/mol. The molecule has 0 aromatic heterocycles. The normalized spacial score (nSPS) is 23.5. The summed E-state index contributed by atoms with van der Waals surface area (Å²) in [5, 5.41) is 3.44. The summed E-state index contributed by atoms with van der Waals surface area (Å²) < 4.78 is 5.28. The summed E-state index contributed by atoms with van der Waals surface area (Å²) in [5.74, 6) is 0. The molecule has 2 fully saturated rings. The van der Waals surface area contributed by atoms with Gasteiger partial charge in [-0.05, 0) is 38.1 Å². The van der Waals surface area contributed by atoms with Crippen molar-refractivity contribution in [1.82, 2.24) is 10.2 Å². The van der Waals surface area contributed by atoms with Crippen molar-refractivity contribution in [2.45, 2.75) is 51.0 Å². The standard InChI is InChI=1S/C15H30N2O/c1-16-12-15(8-4-3-5-9-15)13-17(10-11-18-2)14-6-7-14/h14,16H,3-13H2,1-2H3. The first-order valence-corrected chi connectivity index (χ1v) is 7.67. The number of ether oxygens (including phenoxy) is 1. The van der Waals surface area contributed by atoms with E-state index in [1.54, 1.807) is 0 Å². The molecule has 0 spiro atoms. The fourth-order valence-corrected chi connectivity index (χ4v) is 3.54. The van der Waals surface area contributed by atoms with E-state index in [0.717, 1.165) is 19.2 Å². The quantitative estimate of drug-likeness (QED) is 0.719. The number of nitrogens with zero attached hydrogens (tertiary/aromatic N) is 1. The summed E-state index contributed by atoms with van der Waals surface area (Å²) in [6, 6.07) is 0.857. The van der Waals surface area contributed by atoms with Gasteiger partial charge < -0.3 is 10.1 Å². The summed E-state index contributed by atoms with van der Waals surface area (Å²) in [6.07, 6.45) is 9.90. The second-order valence-electron chi connectivity index (χ2n) is 6.29. The Morgan fingerprint density at radius 2 is 1.94 bits per heavy atom. The van der Waals surface area contributed by atoms with Gasteiger partial charge in [0.25, 0.3) is 0 Å². The summed E-state index contributed by atoms with van der Waals surface area (Å²) in [5.41, 5.74) is 0.531. The molecule has 0 heterocycles. The molecule has 0 atom stereocenters. The zero-order chi connectivity index (χ0) is 12.8. The van der Waals surface area contributed by atoms with Crippen molar-refractivity contribution in [3.05, 3.63) is 0 Å². The van der Waals surface area contributed by atoms with Gasteiger partial charge in [0.1, 0.15) is 0 Å². The molecule has 18 heavy (non-hydrogen) atoms. The minimum Gasteiger partial charge on any atom is -0.383 e. The Bertz CT molecular complexity index is 229. The smallest absolute Gasteiger partial charge is 0.0589 e. The van der Waals surface area contributed by atoms with E-state index in [4.69, 9.17) is 4.74 Å². The van der Waals surface area contributed by atoms with Gasteiger partial charge in [0.2, 0.25) is 0 Å². The van der Waals surface area contributed by atoms with Gasteiger partial charge in [-0.15, -0.1) is 0 Å². The molecule has 0 aliphatic heterocycles. The molecular weight excluding hydrogens is 224 g/mol. The van der Waals surface area contributed by atoms with Crippen molar-refractivity contribution in [2.75, 3.05) is 40.4 Å². The van der Waals surface area contributed by atoms with Crippen LogP contribution < -0.4 is 5.32 Å². The van der Waals surface area contributed by atoms with Crippen LogP contribution in [0.1, 0.15) is 44.9 Å². The molecule has 0 unspecified atom stereocenters.